The summed E-state index contributed by atoms with van der Waals surface area (Å²) in [5.41, 5.74) is 6.22. The first-order valence-corrected chi connectivity index (χ1v) is 55.2. The Labute approximate surface area is 872 Å². The highest BCUT2D eigenvalue weighted by Crippen LogP contribution is 2.58. The number of carbonyl (C=O) groups excluding carboxylic acids is 2. The van der Waals surface area contributed by atoms with E-state index in [2.05, 4.69) is 137 Å². The van der Waals surface area contributed by atoms with E-state index in [0.717, 1.165) is 55.8 Å². The number of rotatable bonds is 37. The van der Waals surface area contributed by atoms with Crippen LogP contribution in [0.3, 0.4) is 0 Å². The van der Waals surface area contributed by atoms with E-state index in [1.807, 2.05) is 199 Å². The Morgan fingerprint density at radius 1 is 0.426 bits per heavy atom. The Balaban J connectivity index is 0.000000159. The van der Waals surface area contributed by atoms with Gasteiger partial charge in [-0.3, -0.25) is 62.7 Å². The maximum absolute atomic E-state index is 13.5. The lowest BCUT2D eigenvalue weighted by Crippen LogP contribution is -2.53. The Bertz CT molecular complexity index is 7080. The number of methoxy groups -OCH3 is 3. The lowest BCUT2D eigenvalue weighted by atomic mass is 9.76. The summed E-state index contributed by atoms with van der Waals surface area (Å²) in [5.74, 6) is 2.25. The summed E-state index contributed by atoms with van der Waals surface area (Å²) in [6.45, 7) is -9.60. The van der Waals surface area contributed by atoms with Crippen molar-refractivity contribution in [2.75, 3.05) is 94.1 Å². The molecule has 11 aromatic carbocycles. The van der Waals surface area contributed by atoms with Crippen LogP contribution in [0.25, 0.3) is 0 Å². The highest BCUT2D eigenvalue weighted by Gasteiger charge is 2.51. The van der Waals surface area contributed by atoms with Gasteiger partial charge in [0.1, 0.15) is 53.3 Å². The van der Waals surface area contributed by atoms with Crippen molar-refractivity contribution < 1.29 is 65.3 Å². The first-order chi connectivity index (χ1) is 71.3. The lowest BCUT2D eigenvalue weighted by Gasteiger charge is -2.40. The second-order valence-corrected chi connectivity index (χ2v) is 45.8. The van der Waals surface area contributed by atoms with Crippen molar-refractivity contribution in [3.8, 4) is 17.2 Å². The van der Waals surface area contributed by atoms with Crippen molar-refractivity contribution in [2.24, 2.45) is 4.99 Å². The van der Waals surface area contributed by atoms with Crippen LogP contribution in [0, 0.1) is 6.92 Å². The molecule has 0 aliphatic carbocycles. The molecule has 18 rings (SSSR count). The Kier molecular flexibility index (Phi) is 35.1. The number of hydrogen-bond donors (Lipinski definition) is 7. The summed E-state index contributed by atoms with van der Waals surface area (Å²) >= 11 is 18.9. The molecule has 3 fully saturated rings. The highest BCUT2D eigenvalue weighted by molar-refractivity contribution is 7.84. The number of amides is 2. The summed E-state index contributed by atoms with van der Waals surface area (Å²) in [6.07, 6.45) is 2.54. The van der Waals surface area contributed by atoms with E-state index in [0.29, 0.717) is 59.0 Å². The van der Waals surface area contributed by atoms with Crippen LogP contribution in [-0.4, -0.2) is 181 Å². The maximum atomic E-state index is 13.5. The van der Waals surface area contributed by atoms with Crippen LogP contribution < -0.4 is 63.1 Å². The summed E-state index contributed by atoms with van der Waals surface area (Å²) in [5, 5.41) is 20.7. The molecule has 2 amide bonds. The molecular weight excluding hydrogens is 2000 g/mol. The zero-order chi connectivity index (χ0) is 104. The molecule has 39 heteroatoms. The molecule has 4 aliphatic heterocycles. The van der Waals surface area contributed by atoms with E-state index >= 15 is 0 Å². The smallest absolute Gasteiger partial charge is 0.362 e. The Hall–Kier alpha value is -12.9. The number of imidazole rings is 1. The second kappa shape index (κ2) is 48.1. The van der Waals surface area contributed by atoms with Crippen molar-refractivity contribution in [3.63, 3.8) is 0 Å². The van der Waals surface area contributed by atoms with Gasteiger partial charge in [0, 0.05) is 66.5 Å². The number of nitrogens with zero attached hydrogens (tertiary/aromatic N) is 9. The minimum absolute atomic E-state index is 0.0586. The number of fused-ring (bicyclic) bond motifs is 1. The number of aryl methyl sites for hydroxylation is 1. The standard InChI is InChI=1S/C39H41ClN7O5P.C38H39ClN5O6P.C32H36ClN4O6P/c1-46(2)53(40,49)51-24-33-32(23-34(52-33)47-26-43-35-36(41-25-42-37(35)47)44-38(48)27-13-7-4-8-14-27)45-39(28-15-9-5-10-16-28,29-17-11-6-12-18-29)30-19-21-31(50-3)22-20-30;1-43(2)51(39,47)49-26-33-32(25-35(50-33)44-24-23-34(41-37(44)46)40-36(45)27-13-7-4-8-14-27)42-38(28-15-9-5-10-16-28,29-17-11-6-12-18-29)30-19-21-31(48-3)22-20-30;1-22-20-37(31(39)34-30(22)38)29-19-27(28(43-29)21-42-44(33,40)36(2)3)35-32(23-11-7-5-8-12-23,24-13-9-6-10-14-24)25-15-17-26(41-4)18-16-25/h4-22,25-26,32-34,36,45H,23-24H2,1-3H3,(H,41,42)(H,44,48);4-24,32-33,35,42H,25-26H2,1-3H3,(H,40,41,45,46);5-18,20,27-29,35H,19,21H2,1-4H3,(H,34,38,39). The lowest BCUT2D eigenvalue weighted by molar-refractivity contribution is -0.0253. The fourth-order valence-electron chi connectivity index (χ4n) is 18.6. The quantitative estimate of drug-likeness (QED) is 0.0140. The molecule has 3 saturated heterocycles. The molecule has 0 saturated carbocycles. The van der Waals surface area contributed by atoms with Gasteiger partial charge in [0.25, 0.3) is 17.4 Å². The largest absolute Gasteiger partial charge is 0.497 e. The molecule has 770 valence electrons. The van der Waals surface area contributed by atoms with Gasteiger partial charge in [-0.2, -0.15) is 4.98 Å². The van der Waals surface area contributed by atoms with Crippen molar-refractivity contribution in [1.29, 1.82) is 0 Å². The van der Waals surface area contributed by atoms with Crippen LogP contribution in [0.5, 0.6) is 17.2 Å². The summed E-state index contributed by atoms with van der Waals surface area (Å²) in [6, 6.07) is 102. The third-order valence-electron chi connectivity index (χ3n) is 26.3. The van der Waals surface area contributed by atoms with Crippen LogP contribution in [0.4, 0.5) is 11.6 Å². The number of carbonyl (C=O) groups is 2. The van der Waals surface area contributed by atoms with Gasteiger partial charge in [-0.25, -0.2) is 33.6 Å². The number of aromatic nitrogens is 6. The molecule has 33 nitrogen and oxygen atoms in total. The first kappa shape index (κ1) is 108. The van der Waals surface area contributed by atoms with Gasteiger partial charge in [-0.15, -0.1) is 0 Å². The topological polar surface area (TPSA) is 370 Å². The van der Waals surface area contributed by atoms with E-state index in [4.69, 9.17) is 75.7 Å². The van der Waals surface area contributed by atoms with Crippen LogP contribution in [0.15, 0.2) is 360 Å². The molecule has 0 bridgehead atoms. The molecule has 7 N–H and O–H groups in total. The van der Waals surface area contributed by atoms with Gasteiger partial charge in [0.05, 0.1) is 88.7 Å². The average Bonchev–Trinajstić information content (AvgIpc) is 1.29. The third-order valence-corrected chi connectivity index (χ3v) is 34.2. The van der Waals surface area contributed by atoms with Crippen LogP contribution in [0.2, 0.25) is 0 Å². The molecule has 0 spiro atoms. The highest BCUT2D eigenvalue weighted by atomic mass is 35.7. The summed E-state index contributed by atoms with van der Waals surface area (Å²) in [7, 11) is 14.4. The zero-order valence-electron chi connectivity index (χ0n) is 82.9. The molecule has 0 radical (unpaired) electrons. The fraction of sp³-hybridized carbons (Fsp3) is 0.266. The maximum Gasteiger partial charge on any atom is 0.362 e. The van der Waals surface area contributed by atoms with Crippen LogP contribution in [-0.2, 0) is 58.1 Å². The van der Waals surface area contributed by atoms with Gasteiger partial charge >= 0.3 is 32.0 Å². The van der Waals surface area contributed by atoms with Gasteiger partial charge < -0.3 is 57.9 Å². The van der Waals surface area contributed by atoms with Gasteiger partial charge in [0.15, 0.2) is 6.17 Å². The summed E-state index contributed by atoms with van der Waals surface area (Å²) < 4.78 is 102. The molecule has 14 aromatic rings. The second-order valence-electron chi connectivity index (χ2n) is 36.1. The van der Waals surface area contributed by atoms with Crippen molar-refractivity contribution in [3.05, 3.63) is 444 Å². The number of aliphatic imine (C=N–C) groups is 1. The van der Waals surface area contributed by atoms with Crippen LogP contribution >= 0.6 is 54.3 Å². The zero-order valence-corrected chi connectivity index (χ0v) is 87.8. The number of benzene rings is 11. The minimum Gasteiger partial charge on any atom is -0.497 e. The Morgan fingerprint density at radius 3 is 1.06 bits per heavy atom. The molecule has 3 aromatic heterocycles. The predicted molar refractivity (Wildman–Crippen MR) is 573 cm³/mol. The normalized spacial score (nSPS) is 19.8. The number of anilines is 2. The molecular formula is C109H116Cl3N16O17P3. The van der Waals surface area contributed by atoms with E-state index in [-0.39, 0.29) is 43.5 Å². The van der Waals surface area contributed by atoms with Crippen molar-refractivity contribution in [2.45, 2.75) is 104 Å². The number of halogens is 3. The van der Waals surface area contributed by atoms with E-state index < -0.39 is 109 Å². The van der Waals surface area contributed by atoms with E-state index in [1.165, 1.54) is 35.5 Å². The van der Waals surface area contributed by atoms with Gasteiger partial charge in [0.2, 0.25) is 0 Å². The molecule has 7 heterocycles. The number of aromatic amines is 1. The minimum atomic E-state index is -3.66. The van der Waals surface area contributed by atoms with Crippen LogP contribution in [0.1, 0.15) is 126 Å². The van der Waals surface area contributed by atoms with Crippen molar-refractivity contribution >= 4 is 84.1 Å². The molecule has 4 aliphatic rings. The number of ether oxygens (including phenoxy) is 6. The monoisotopic (exact) mass is 2120 g/mol. The average molecular weight is 2120 g/mol. The number of H-pyrrole nitrogens is 1. The number of hydrogen-bond acceptors (Lipinski definition) is 24. The first-order valence-electron chi connectivity index (χ1n) is 47.8. The summed E-state index contributed by atoms with van der Waals surface area (Å²) in [4.78, 5) is 79.9. The fourth-order valence-corrected chi connectivity index (χ4v) is 20.8. The molecule has 13 unspecified atom stereocenters. The van der Waals surface area contributed by atoms with Gasteiger partial charge in [-0.05, 0) is 200 Å². The molecule has 13 atom stereocenters. The molecule has 148 heavy (non-hydrogen) atoms. The number of nitrogens with one attached hydrogen (secondary N) is 7. The third kappa shape index (κ3) is 24.5. The van der Waals surface area contributed by atoms with Crippen molar-refractivity contribution in [1.82, 2.24) is 63.9 Å². The van der Waals surface area contributed by atoms with E-state index in [9.17, 15) is 37.7 Å². The van der Waals surface area contributed by atoms with Gasteiger partial charge in [-0.1, -0.05) is 255 Å². The van der Waals surface area contributed by atoms with E-state index in [1.54, 1.807) is 126 Å². The SMILES string of the molecule is COc1ccc(C(NC2CC(n3cc(C)c(=O)[nH]c3=O)OC2COP(=O)(Cl)N(C)C)(c2ccccc2)c2ccccc2)cc1.COc1ccc(C(NC2CC(n3ccc(NC(=O)c4ccccc4)nc3=O)OC2COP(=O)(Cl)N(C)C)(c2ccccc2)c2ccccc2)cc1.COc1ccc(C(NC2CC(n3cnc4c3NC=NC4NC(=O)c3ccccc3)OC2COP(=O)(Cl)N(C)C)(c2ccccc2)c2ccccc2)cc1. The Morgan fingerprint density at radius 2 is 0.736 bits per heavy atom. The predicted octanol–water partition coefficient (Wildman–Crippen LogP) is 18.6.